The van der Waals surface area contributed by atoms with Crippen LogP contribution < -0.4 is 0 Å². The quantitative estimate of drug-likeness (QED) is 0.721. The van der Waals surface area contributed by atoms with E-state index in [1.807, 2.05) is 0 Å². The number of carbonyl (C=O) groups is 1. The molecule has 0 spiro atoms. The van der Waals surface area contributed by atoms with Crippen molar-refractivity contribution in [3.8, 4) is 0 Å². The number of hydrogen-bond donors (Lipinski definition) is 0. The van der Waals surface area contributed by atoms with Gasteiger partial charge in [0, 0.05) is 0 Å². The monoisotopic (exact) mass is 222 g/mol. The molecular weight excluding hydrogens is 204 g/mol. The molecule has 3 nitrogen and oxygen atoms in total. The van der Waals surface area contributed by atoms with E-state index in [-0.39, 0.29) is 12.1 Å². The van der Waals surface area contributed by atoms with Crippen molar-refractivity contribution >= 4 is 5.97 Å². The van der Waals surface area contributed by atoms with Crippen molar-refractivity contribution in [2.45, 2.75) is 39.2 Å². The molecule has 1 aliphatic rings. The second-order valence-corrected chi connectivity index (χ2v) is 4.92. The van der Waals surface area contributed by atoms with Gasteiger partial charge in [-0.3, -0.25) is 0 Å². The topological polar surface area (TPSA) is 39.4 Å². The summed E-state index contributed by atoms with van der Waals surface area (Å²) in [4.78, 5) is 11.7. The molecule has 0 amide bonds. The first-order chi connectivity index (χ1) is 7.65. The molecule has 0 unspecified atom stereocenters. The molecule has 16 heavy (non-hydrogen) atoms. The first-order valence-electron chi connectivity index (χ1n) is 5.89. The first-order valence-corrected chi connectivity index (χ1v) is 5.89. The highest BCUT2D eigenvalue weighted by atomic mass is 16.6. The van der Waals surface area contributed by atoms with Crippen LogP contribution in [0.15, 0.2) is 22.8 Å². The number of furan rings is 1. The Balaban J connectivity index is 1.92. The van der Waals surface area contributed by atoms with Crippen molar-refractivity contribution in [1.82, 2.24) is 0 Å². The molecule has 0 aliphatic heterocycles. The first kappa shape index (κ1) is 11.2. The highest BCUT2D eigenvalue weighted by molar-refractivity contribution is 5.86. The molecule has 0 radical (unpaired) electrons. The van der Waals surface area contributed by atoms with Crippen molar-refractivity contribution < 1.29 is 13.9 Å². The minimum Gasteiger partial charge on any atom is -0.457 e. The van der Waals surface area contributed by atoms with E-state index < -0.39 is 0 Å². The maximum atomic E-state index is 11.7. The van der Waals surface area contributed by atoms with Gasteiger partial charge in [-0.15, -0.1) is 0 Å². The van der Waals surface area contributed by atoms with Gasteiger partial charge in [-0.1, -0.05) is 13.8 Å². The van der Waals surface area contributed by atoms with E-state index in [0.717, 1.165) is 12.8 Å². The predicted molar refractivity (Wildman–Crippen MR) is 60.1 cm³/mol. The van der Waals surface area contributed by atoms with Gasteiger partial charge in [0.1, 0.15) is 6.10 Å². The van der Waals surface area contributed by atoms with E-state index in [9.17, 15) is 4.79 Å². The summed E-state index contributed by atoms with van der Waals surface area (Å²) in [6, 6.07) is 3.33. The Morgan fingerprint density at radius 2 is 2.00 bits per heavy atom. The van der Waals surface area contributed by atoms with Gasteiger partial charge in [0.15, 0.2) is 0 Å². The molecule has 1 aromatic rings. The SMILES string of the molecule is C[C@H]1CC(OC(=O)c2ccco2)C[C@H](C)C1. The maximum Gasteiger partial charge on any atom is 0.374 e. The molecule has 2 atom stereocenters. The molecule has 2 rings (SSSR count). The fraction of sp³-hybridized carbons (Fsp3) is 0.615. The van der Waals surface area contributed by atoms with E-state index in [1.165, 1.54) is 12.7 Å². The zero-order valence-electron chi connectivity index (χ0n) is 9.81. The summed E-state index contributed by atoms with van der Waals surface area (Å²) in [5.41, 5.74) is 0. The van der Waals surface area contributed by atoms with Crippen molar-refractivity contribution in [1.29, 1.82) is 0 Å². The third kappa shape index (κ3) is 2.65. The normalized spacial score (nSPS) is 30.0. The lowest BCUT2D eigenvalue weighted by atomic mass is 9.82. The third-order valence-electron chi connectivity index (χ3n) is 3.13. The minimum atomic E-state index is -0.337. The molecular formula is C13H18O3. The molecule has 1 saturated carbocycles. The summed E-state index contributed by atoms with van der Waals surface area (Å²) in [7, 11) is 0. The van der Waals surface area contributed by atoms with E-state index in [4.69, 9.17) is 9.15 Å². The van der Waals surface area contributed by atoms with Gasteiger partial charge < -0.3 is 9.15 Å². The van der Waals surface area contributed by atoms with Crippen molar-refractivity contribution in [3.63, 3.8) is 0 Å². The summed E-state index contributed by atoms with van der Waals surface area (Å²) in [6.45, 7) is 4.42. The Bertz CT molecular complexity index is 332. The summed E-state index contributed by atoms with van der Waals surface area (Å²) in [5, 5.41) is 0. The Hall–Kier alpha value is -1.25. The lowest BCUT2D eigenvalue weighted by molar-refractivity contribution is 0.00500. The fourth-order valence-electron chi connectivity index (χ4n) is 2.57. The van der Waals surface area contributed by atoms with E-state index >= 15 is 0 Å². The average molecular weight is 222 g/mol. The third-order valence-corrected chi connectivity index (χ3v) is 3.13. The molecule has 1 heterocycles. The lowest BCUT2D eigenvalue weighted by Crippen LogP contribution is -2.28. The van der Waals surface area contributed by atoms with Crippen LogP contribution in [0.1, 0.15) is 43.7 Å². The molecule has 88 valence electrons. The van der Waals surface area contributed by atoms with Gasteiger partial charge in [0.2, 0.25) is 5.76 Å². The highest BCUT2D eigenvalue weighted by Gasteiger charge is 2.27. The standard InChI is InChI=1S/C13H18O3/c1-9-6-10(2)8-11(7-9)16-13(14)12-4-3-5-15-12/h3-5,9-11H,6-8H2,1-2H3/t9-,10-/m1/s1. The summed E-state index contributed by atoms with van der Waals surface area (Å²) < 4.78 is 10.5. The molecule has 0 aromatic carbocycles. The van der Waals surface area contributed by atoms with Gasteiger partial charge in [0.25, 0.3) is 0 Å². The summed E-state index contributed by atoms with van der Waals surface area (Å²) >= 11 is 0. The molecule has 1 aromatic heterocycles. The lowest BCUT2D eigenvalue weighted by Gasteiger charge is -2.30. The molecule has 3 heteroatoms. The summed E-state index contributed by atoms with van der Waals surface area (Å²) in [5.74, 6) is 1.23. The van der Waals surface area contributed by atoms with Crippen molar-refractivity contribution in [2.75, 3.05) is 0 Å². The van der Waals surface area contributed by atoms with Crippen LogP contribution >= 0.6 is 0 Å². The molecule has 0 N–H and O–H groups in total. The predicted octanol–water partition coefficient (Wildman–Crippen LogP) is 3.26. The Morgan fingerprint density at radius 3 is 2.56 bits per heavy atom. The average Bonchev–Trinajstić information content (AvgIpc) is 2.68. The van der Waals surface area contributed by atoms with Crippen LogP contribution in [0.25, 0.3) is 0 Å². The smallest absolute Gasteiger partial charge is 0.374 e. The Morgan fingerprint density at radius 1 is 1.31 bits per heavy atom. The van der Waals surface area contributed by atoms with Gasteiger partial charge >= 0.3 is 5.97 Å². The second-order valence-electron chi connectivity index (χ2n) is 4.92. The summed E-state index contributed by atoms with van der Waals surface area (Å²) in [6.07, 6.45) is 4.71. The van der Waals surface area contributed by atoms with Crippen LogP contribution in [-0.4, -0.2) is 12.1 Å². The van der Waals surface area contributed by atoms with Crippen LogP contribution in [0.3, 0.4) is 0 Å². The number of carbonyl (C=O) groups excluding carboxylic acids is 1. The molecule has 1 fully saturated rings. The van der Waals surface area contributed by atoms with Gasteiger partial charge in [-0.25, -0.2) is 4.79 Å². The molecule has 1 aliphatic carbocycles. The van der Waals surface area contributed by atoms with Crippen molar-refractivity contribution in [2.24, 2.45) is 11.8 Å². The van der Waals surface area contributed by atoms with Crippen LogP contribution in [0, 0.1) is 11.8 Å². The van der Waals surface area contributed by atoms with Gasteiger partial charge in [-0.2, -0.15) is 0 Å². The van der Waals surface area contributed by atoms with E-state index in [0.29, 0.717) is 17.6 Å². The van der Waals surface area contributed by atoms with Crippen molar-refractivity contribution in [3.05, 3.63) is 24.2 Å². The fourth-order valence-corrected chi connectivity index (χ4v) is 2.57. The number of rotatable bonds is 2. The zero-order chi connectivity index (χ0) is 11.5. The van der Waals surface area contributed by atoms with Gasteiger partial charge in [-0.05, 0) is 43.2 Å². The number of esters is 1. The van der Waals surface area contributed by atoms with Crippen LogP contribution in [0.4, 0.5) is 0 Å². The zero-order valence-corrected chi connectivity index (χ0v) is 9.81. The number of ether oxygens (including phenoxy) is 1. The highest BCUT2D eigenvalue weighted by Crippen LogP contribution is 2.30. The van der Waals surface area contributed by atoms with Gasteiger partial charge in [0.05, 0.1) is 6.26 Å². The van der Waals surface area contributed by atoms with Crippen LogP contribution in [0.2, 0.25) is 0 Å². The second kappa shape index (κ2) is 4.73. The maximum absolute atomic E-state index is 11.7. The Labute approximate surface area is 95.8 Å². The number of hydrogen-bond acceptors (Lipinski definition) is 3. The molecule has 0 bridgehead atoms. The molecule has 0 saturated heterocycles. The van der Waals surface area contributed by atoms with Crippen LogP contribution in [-0.2, 0) is 4.74 Å². The van der Waals surface area contributed by atoms with E-state index in [2.05, 4.69) is 13.8 Å². The van der Waals surface area contributed by atoms with E-state index in [1.54, 1.807) is 12.1 Å². The minimum absolute atomic E-state index is 0.0522. The Kier molecular flexibility index (Phi) is 3.32. The largest absolute Gasteiger partial charge is 0.457 e. The van der Waals surface area contributed by atoms with Crippen LogP contribution in [0.5, 0.6) is 0 Å².